The number of hydrogen-bond acceptors (Lipinski definition) is 4. The van der Waals surface area contributed by atoms with Crippen LogP contribution < -0.4 is 19.7 Å². The van der Waals surface area contributed by atoms with Crippen LogP contribution in [0.15, 0.2) is 60.7 Å². The average Bonchev–Trinajstić information content (AvgIpc) is 3.56. The Kier molecular flexibility index (Phi) is 5.20. The zero-order chi connectivity index (χ0) is 23.1. The third-order valence-corrected chi connectivity index (χ3v) is 7.50. The van der Waals surface area contributed by atoms with Crippen LogP contribution in [0.2, 0.25) is 0 Å². The SMILES string of the molecule is Cc1ccc(NC(=O)C2(c3ccc4c(c3)OCO4)CC2)cc1-c1ccc(N2CCCCC2)cc1.[HH]. The highest BCUT2D eigenvalue weighted by molar-refractivity contribution is 6.02. The Morgan fingerprint density at radius 1 is 0.912 bits per heavy atom. The molecule has 3 aromatic carbocycles. The van der Waals surface area contributed by atoms with Crippen molar-refractivity contribution in [3.05, 3.63) is 71.8 Å². The molecule has 176 valence electrons. The van der Waals surface area contributed by atoms with E-state index in [1.165, 1.54) is 36.1 Å². The summed E-state index contributed by atoms with van der Waals surface area (Å²) < 4.78 is 11.0. The van der Waals surface area contributed by atoms with E-state index in [4.69, 9.17) is 9.47 Å². The van der Waals surface area contributed by atoms with Gasteiger partial charge in [-0.3, -0.25) is 4.79 Å². The number of aryl methyl sites for hydroxylation is 1. The normalized spacial score (nSPS) is 18.0. The van der Waals surface area contributed by atoms with Gasteiger partial charge in [-0.15, -0.1) is 0 Å². The van der Waals surface area contributed by atoms with Crippen molar-refractivity contribution in [2.24, 2.45) is 0 Å². The minimum Gasteiger partial charge on any atom is -0.454 e. The first-order chi connectivity index (χ1) is 16.6. The second-order valence-corrected chi connectivity index (χ2v) is 9.73. The molecule has 1 saturated heterocycles. The molecule has 5 nitrogen and oxygen atoms in total. The summed E-state index contributed by atoms with van der Waals surface area (Å²) in [4.78, 5) is 15.8. The molecule has 5 heteroatoms. The van der Waals surface area contributed by atoms with Crippen LogP contribution in [0.25, 0.3) is 11.1 Å². The van der Waals surface area contributed by atoms with Crippen molar-refractivity contribution in [3.8, 4) is 22.6 Å². The number of hydrogen-bond donors (Lipinski definition) is 1. The molecule has 6 rings (SSSR count). The van der Waals surface area contributed by atoms with Gasteiger partial charge in [0.05, 0.1) is 5.41 Å². The first-order valence-corrected chi connectivity index (χ1v) is 12.3. The van der Waals surface area contributed by atoms with Crippen molar-refractivity contribution >= 4 is 17.3 Å². The van der Waals surface area contributed by atoms with Crippen LogP contribution in [-0.4, -0.2) is 25.8 Å². The summed E-state index contributed by atoms with van der Waals surface area (Å²) in [5.41, 5.74) is 6.16. The summed E-state index contributed by atoms with van der Waals surface area (Å²) in [5, 5.41) is 3.19. The molecule has 0 spiro atoms. The van der Waals surface area contributed by atoms with Crippen LogP contribution in [0.1, 0.15) is 44.7 Å². The molecule has 0 bridgehead atoms. The highest BCUT2D eigenvalue weighted by Crippen LogP contribution is 2.51. The number of carbonyl (C=O) groups is 1. The summed E-state index contributed by atoms with van der Waals surface area (Å²) in [6.07, 6.45) is 5.57. The minimum absolute atomic E-state index is 0. The maximum atomic E-state index is 13.4. The lowest BCUT2D eigenvalue weighted by molar-refractivity contribution is -0.118. The first-order valence-electron chi connectivity index (χ1n) is 12.3. The fourth-order valence-electron chi connectivity index (χ4n) is 5.23. The van der Waals surface area contributed by atoms with Gasteiger partial charge in [-0.25, -0.2) is 0 Å². The number of fused-ring (bicyclic) bond motifs is 1. The van der Waals surface area contributed by atoms with E-state index in [9.17, 15) is 4.79 Å². The molecular weight excluding hydrogens is 424 g/mol. The van der Waals surface area contributed by atoms with Gasteiger partial charge in [0, 0.05) is 25.9 Å². The summed E-state index contributed by atoms with van der Waals surface area (Å²) in [5.74, 6) is 1.51. The van der Waals surface area contributed by atoms with Gasteiger partial charge >= 0.3 is 0 Å². The smallest absolute Gasteiger partial charge is 0.235 e. The molecule has 2 heterocycles. The van der Waals surface area contributed by atoms with E-state index in [0.717, 1.165) is 54.2 Å². The van der Waals surface area contributed by atoms with Gasteiger partial charge in [0.1, 0.15) is 0 Å². The van der Waals surface area contributed by atoms with Crippen LogP contribution in [0, 0.1) is 6.92 Å². The van der Waals surface area contributed by atoms with Crippen LogP contribution in [0.4, 0.5) is 11.4 Å². The summed E-state index contributed by atoms with van der Waals surface area (Å²) in [7, 11) is 0. The lowest BCUT2D eigenvalue weighted by atomic mass is 9.94. The molecule has 1 amide bonds. The summed E-state index contributed by atoms with van der Waals surface area (Å²) in [6, 6.07) is 20.9. The number of benzene rings is 3. The number of amides is 1. The molecule has 1 N–H and O–H groups in total. The quantitative estimate of drug-likeness (QED) is 0.490. The van der Waals surface area contributed by atoms with Gasteiger partial charge < -0.3 is 19.7 Å². The number of anilines is 2. The maximum Gasteiger partial charge on any atom is 0.235 e. The molecule has 1 aliphatic carbocycles. The number of piperidine rings is 1. The minimum atomic E-state index is -0.484. The molecule has 2 fully saturated rings. The monoisotopic (exact) mass is 456 g/mol. The Morgan fingerprint density at radius 3 is 2.44 bits per heavy atom. The highest BCUT2D eigenvalue weighted by atomic mass is 16.7. The summed E-state index contributed by atoms with van der Waals surface area (Å²) in [6.45, 7) is 4.65. The summed E-state index contributed by atoms with van der Waals surface area (Å²) >= 11 is 0. The van der Waals surface area contributed by atoms with E-state index in [0.29, 0.717) is 0 Å². The molecule has 0 aromatic heterocycles. The van der Waals surface area contributed by atoms with E-state index in [1.807, 2.05) is 24.3 Å². The number of ether oxygens (including phenoxy) is 2. The molecule has 3 aliphatic rings. The maximum absolute atomic E-state index is 13.4. The van der Waals surface area contributed by atoms with Crippen LogP contribution >= 0.6 is 0 Å². The molecule has 0 atom stereocenters. The lowest BCUT2D eigenvalue weighted by Crippen LogP contribution is -2.29. The van der Waals surface area contributed by atoms with Crippen molar-refractivity contribution in [2.45, 2.75) is 44.4 Å². The molecule has 0 unspecified atom stereocenters. The number of nitrogens with one attached hydrogen (secondary N) is 1. The number of rotatable bonds is 5. The Balaban J connectivity index is 0.00000253. The van der Waals surface area contributed by atoms with Gasteiger partial charge in [0.15, 0.2) is 11.5 Å². The fourth-order valence-corrected chi connectivity index (χ4v) is 5.23. The standard InChI is InChI=1S/C29H30N2O3.H2/c1-20-5-9-23(18-25(20)21-6-10-24(11-7-21)31-15-3-2-4-16-31)30-28(32)29(13-14-29)22-8-12-26-27(17-22)34-19-33-26;/h5-12,17-18H,2-4,13-16,19H2,1H3,(H,30,32);1H. The average molecular weight is 457 g/mol. The number of nitrogens with zero attached hydrogens (tertiary/aromatic N) is 1. The molecule has 3 aromatic rings. The Hall–Kier alpha value is -3.47. The lowest BCUT2D eigenvalue weighted by Gasteiger charge is -2.29. The van der Waals surface area contributed by atoms with E-state index in [-0.39, 0.29) is 14.1 Å². The first kappa shape index (κ1) is 21.1. The second kappa shape index (κ2) is 8.39. The third kappa shape index (κ3) is 3.79. The van der Waals surface area contributed by atoms with E-state index >= 15 is 0 Å². The zero-order valence-corrected chi connectivity index (χ0v) is 19.6. The van der Waals surface area contributed by atoms with Crippen molar-refractivity contribution in [2.75, 3.05) is 30.1 Å². The van der Waals surface area contributed by atoms with Gasteiger partial charge in [-0.2, -0.15) is 0 Å². The van der Waals surface area contributed by atoms with Crippen LogP contribution in [-0.2, 0) is 10.2 Å². The fraction of sp³-hybridized carbons (Fsp3) is 0.345. The van der Waals surface area contributed by atoms with Gasteiger partial charge in [-0.1, -0.05) is 24.3 Å². The zero-order valence-electron chi connectivity index (χ0n) is 19.6. The molecule has 0 radical (unpaired) electrons. The predicted molar refractivity (Wildman–Crippen MR) is 137 cm³/mol. The Morgan fingerprint density at radius 2 is 1.68 bits per heavy atom. The van der Waals surface area contributed by atoms with Crippen molar-refractivity contribution in [3.63, 3.8) is 0 Å². The van der Waals surface area contributed by atoms with Gasteiger partial charge in [-0.05, 0) is 97.7 Å². The van der Waals surface area contributed by atoms with E-state index in [1.54, 1.807) is 0 Å². The van der Waals surface area contributed by atoms with E-state index < -0.39 is 5.41 Å². The topological polar surface area (TPSA) is 50.8 Å². The highest BCUT2D eigenvalue weighted by Gasteiger charge is 2.51. The Bertz CT molecular complexity index is 1230. The predicted octanol–water partition coefficient (Wildman–Crippen LogP) is 6.30. The Labute approximate surface area is 202 Å². The third-order valence-electron chi connectivity index (χ3n) is 7.50. The molecule has 34 heavy (non-hydrogen) atoms. The second-order valence-electron chi connectivity index (χ2n) is 9.73. The largest absolute Gasteiger partial charge is 0.454 e. The van der Waals surface area contributed by atoms with Crippen LogP contribution in [0.3, 0.4) is 0 Å². The van der Waals surface area contributed by atoms with Crippen LogP contribution in [0.5, 0.6) is 11.5 Å². The van der Waals surface area contributed by atoms with Gasteiger partial charge in [0.2, 0.25) is 12.7 Å². The molecule has 2 aliphatic heterocycles. The van der Waals surface area contributed by atoms with Crippen molar-refractivity contribution in [1.82, 2.24) is 0 Å². The van der Waals surface area contributed by atoms with Crippen molar-refractivity contribution in [1.29, 1.82) is 0 Å². The molecule has 1 saturated carbocycles. The van der Waals surface area contributed by atoms with E-state index in [2.05, 4.69) is 53.5 Å². The number of carbonyl (C=O) groups excluding carboxylic acids is 1. The molecular formula is C29H32N2O3. The van der Waals surface area contributed by atoms with Crippen molar-refractivity contribution < 1.29 is 15.7 Å². The van der Waals surface area contributed by atoms with Gasteiger partial charge in [0.25, 0.3) is 0 Å².